The SMILES string of the molecule is CN(CCC(N)c1ccc(F)cn1)CC1CCCCC1. The Balaban J connectivity index is 1.71. The van der Waals surface area contributed by atoms with Gasteiger partial charge in [0.15, 0.2) is 0 Å². The molecule has 2 N–H and O–H groups in total. The van der Waals surface area contributed by atoms with Gasteiger partial charge in [0.2, 0.25) is 0 Å². The number of hydrogen-bond acceptors (Lipinski definition) is 3. The number of hydrogen-bond donors (Lipinski definition) is 1. The molecule has 1 aliphatic carbocycles. The molecule has 1 aromatic heterocycles. The van der Waals surface area contributed by atoms with E-state index in [0.29, 0.717) is 0 Å². The van der Waals surface area contributed by atoms with Crippen molar-refractivity contribution in [3.05, 3.63) is 29.8 Å². The molecule has 1 atom stereocenters. The fraction of sp³-hybridized carbons (Fsp3) is 0.688. The van der Waals surface area contributed by atoms with Crippen LogP contribution in [0.15, 0.2) is 18.3 Å². The molecular weight excluding hydrogens is 253 g/mol. The molecule has 4 heteroatoms. The van der Waals surface area contributed by atoms with E-state index in [0.717, 1.165) is 24.6 Å². The van der Waals surface area contributed by atoms with Gasteiger partial charge in [0.25, 0.3) is 0 Å². The van der Waals surface area contributed by atoms with Crippen molar-refractivity contribution in [1.29, 1.82) is 0 Å². The summed E-state index contributed by atoms with van der Waals surface area (Å²) in [6.07, 6.45) is 9.02. The Kier molecular flexibility index (Phi) is 5.92. The van der Waals surface area contributed by atoms with Gasteiger partial charge >= 0.3 is 0 Å². The molecule has 0 aliphatic heterocycles. The molecule has 0 aromatic carbocycles. The van der Waals surface area contributed by atoms with Crippen LogP contribution < -0.4 is 5.73 Å². The van der Waals surface area contributed by atoms with Crippen LogP contribution in [0.2, 0.25) is 0 Å². The first-order valence-electron chi connectivity index (χ1n) is 7.70. The summed E-state index contributed by atoms with van der Waals surface area (Å²) in [4.78, 5) is 6.43. The highest BCUT2D eigenvalue weighted by atomic mass is 19.1. The second kappa shape index (κ2) is 7.70. The van der Waals surface area contributed by atoms with Gasteiger partial charge in [-0.05, 0) is 50.9 Å². The van der Waals surface area contributed by atoms with Gasteiger partial charge in [-0.15, -0.1) is 0 Å². The zero-order valence-electron chi connectivity index (χ0n) is 12.4. The molecular formula is C16H26FN3. The van der Waals surface area contributed by atoms with Crippen LogP contribution in [-0.2, 0) is 0 Å². The van der Waals surface area contributed by atoms with Gasteiger partial charge in [-0.1, -0.05) is 19.3 Å². The molecule has 112 valence electrons. The summed E-state index contributed by atoms with van der Waals surface area (Å²) in [5.41, 5.74) is 6.89. The summed E-state index contributed by atoms with van der Waals surface area (Å²) in [6.45, 7) is 2.14. The number of nitrogens with two attached hydrogens (primary N) is 1. The van der Waals surface area contributed by atoms with Crippen molar-refractivity contribution in [3.63, 3.8) is 0 Å². The van der Waals surface area contributed by atoms with Gasteiger partial charge < -0.3 is 10.6 Å². The second-order valence-electron chi connectivity index (χ2n) is 6.06. The summed E-state index contributed by atoms with van der Waals surface area (Å²) in [6, 6.07) is 3.00. The lowest BCUT2D eigenvalue weighted by Crippen LogP contribution is -2.30. The predicted octanol–water partition coefficient (Wildman–Crippen LogP) is 3.12. The molecule has 1 fully saturated rings. The smallest absolute Gasteiger partial charge is 0.141 e. The topological polar surface area (TPSA) is 42.1 Å². The molecule has 1 saturated carbocycles. The van der Waals surface area contributed by atoms with Crippen molar-refractivity contribution >= 4 is 0 Å². The number of halogens is 1. The maximum absolute atomic E-state index is 12.8. The molecule has 0 bridgehead atoms. The van der Waals surface area contributed by atoms with E-state index in [-0.39, 0.29) is 11.9 Å². The van der Waals surface area contributed by atoms with E-state index in [9.17, 15) is 4.39 Å². The normalized spacial score (nSPS) is 18.4. The van der Waals surface area contributed by atoms with Crippen LogP contribution in [0, 0.1) is 11.7 Å². The summed E-state index contributed by atoms with van der Waals surface area (Å²) in [5, 5.41) is 0. The number of nitrogens with zero attached hydrogens (tertiary/aromatic N) is 2. The van der Waals surface area contributed by atoms with E-state index in [1.807, 2.05) is 0 Å². The summed E-state index contributed by atoms with van der Waals surface area (Å²) in [5.74, 6) is 0.546. The van der Waals surface area contributed by atoms with Gasteiger partial charge in [0.05, 0.1) is 11.9 Å². The van der Waals surface area contributed by atoms with Crippen molar-refractivity contribution in [2.75, 3.05) is 20.1 Å². The Morgan fingerprint density at radius 3 is 2.75 bits per heavy atom. The maximum Gasteiger partial charge on any atom is 0.141 e. The quantitative estimate of drug-likeness (QED) is 0.870. The van der Waals surface area contributed by atoms with E-state index in [1.54, 1.807) is 6.07 Å². The van der Waals surface area contributed by atoms with Crippen LogP contribution in [0.1, 0.15) is 50.3 Å². The van der Waals surface area contributed by atoms with Crippen LogP contribution in [-0.4, -0.2) is 30.0 Å². The Morgan fingerprint density at radius 2 is 2.10 bits per heavy atom. The summed E-state index contributed by atoms with van der Waals surface area (Å²) >= 11 is 0. The van der Waals surface area contributed by atoms with Crippen molar-refractivity contribution < 1.29 is 4.39 Å². The third-order valence-electron chi connectivity index (χ3n) is 4.25. The van der Waals surface area contributed by atoms with Crippen LogP contribution in [0.4, 0.5) is 4.39 Å². The van der Waals surface area contributed by atoms with Gasteiger partial charge in [0.1, 0.15) is 5.82 Å². The molecule has 2 rings (SSSR count). The number of rotatable bonds is 6. The molecule has 1 aliphatic rings. The van der Waals surface area contributed by atoms with Crippen molar-refractivity contribution in [1.82, 2.24) is 9.88 Å². The molecule has 3 nitrogen and oxygen atoms in total. The van der Waals surface area contributed by atoms with Crippen molar-refractivity contribution in [3.8, 4) is 0 Å². The van der Waals surface area contributed by atoms with Crippen LogP contribution in [0.3, 0.4) is 0 Å². The fourth-order valence-electron chi connectivity index (χ4n) is 3.02. The minimum atomic E-state index is -0.310. The van der Waals surface area contributed by atoms with E-state index in [4.69, 9.17) is 5.73 Å². The first-order chi connectivity index (χ1) is 9.65. The standard InChI is InChI=1S/C16H26FN3/c1-20(12-13-5-3-2-4-6-13)10-9-15(18)16-8-7-14(17)11-19-16/h7-8,11,13,15H,2-6,9-10,12,18H2,1H3. The van der Waals surface area contributed by atoms with Crippen LogP contribution in [0.25, 0.3) is 0 Å². The zero-order chi connectivity index (χ0) is 14.4. The van der Waals surface area contributed by atoms with Gasteiger partial charge in [-0.25, -0.2) is 4.39 Å². The summed E-state index contributed by atoms with van der Waals surface area (Å²) in [7, 11) is 2.17. The number of pyridine rings is 1. The lowest BCUT2D eigenvalue weighted by Gasteiger charge is -2.27. The lowest BCUT2D eigenvalue weighted by atomic mass is 9.89. The Hall–Kier alpha value is -1.00. The molecule has 1 aromatic rings. The fourth-order valence-corrected chi connectivity index (χ4v) is 3.02. The first kappa shape index (κ1) is 15.4. The van der Waals surface area contributed by atoms with E-state index in [1.165, 1.54) is 50.9 Å². The minimum absolute atomic E-state index is 0.107. The highest BCUT2D eigenvalue weighted by Gasteiger charge is 2.16. The largest absolute Gasteiger partial charge is 0.323 e. The average molecular weight is 279 g/mol. The highest BCUT2D eigenvalue weighted by Crippen LogP contribution is 2.24. The average Bonchev–Trinajstić information content (AvgIpc) is 2.46. The monoisotopic (exact) mass is 279 g/mol. The molecule has 20 heavy (non-hydrogen) atoms. The third-order valence-corrected chi connectivity index (χ3v) is 4.25. The van der Waals surface area contributed by atoms with Crippen LogP contribution in [0.5, 0.6) is 0 Å². The highest BCUT2D eigenvalue weighted by molar-refractivity contribution is 5.09. The van der Waals surface area contributed by atoms with Gasteiger partial charge in [-0.2, -0.15) is 0 Å². The van der Waals surface area contributed by atoms with Crippen LogP contribution >= 0.6 is 0 Å². The molecule has 0 spiro atoms. The Morgan fingerprint density at radius 1 is 1.35 bits per heavy atom. The van der Waals surface area contributed by atoms with Gasteiger partial charge in [0, 0.05) is 12.6 Å². The first-order valence-corrected chi connectivity index (χ1v) is 7.70. The summed E-state index contributed by atoms with van der Waals surface area (Å²) < 4.78 is 12.8. The second-order valence-corrected chi connectivity index (χ2v) is 6.06. The van der Waals surface area contributed by atoms with Gasteiger partial charge in [-0.3, -0.25) is 4.98 Å². The van der Waals surface area contributed by atoms with Crippen molar-refractivity contribution in [2.45, 2.75) is 44.6 Å². The maximum atomic E-state index is 12.8. The Labute approximate surface area is 121 Å². The number of aromatic nitrogens is 1. The van der Waals surface area contributed by atoms with E-state index in [2.05, 4.69) is 16.9 Å². The molecule has 0 saturated heterocycles. The molecule has 1 unspecified atom stereocenters. The Bertz CT molecular complexity index is 387. The third kappa shape index (κ3) is 4.84. The zero-order valence-corrected chi connectivity index (χ0v) is 12.4. The van der Waals surface area contributed by atoms with E-state index < -0.39 is 0 Å². The van der Waals surface area contributed by atoms with Crippen molar-refractivity contribution in [2.24, 2.45) is 11.7 Å². The lowest BCUT2D eigenvalue weighted by molar-refractivity contribution is 0.228. The molecule has 0 amide bonds. The molecule has 0 radical (unpaired) electrons. The molecule has 1 heterocycles. The predicted molar refractivity (Wildman–Crippen MR) is 79.8 cm³/mol. The minimum Gasteiger partial charge on any atom is -0.323 e. The van der Waals surface area contributed by atoms with E-state index >= 15 is 0 Å².